The Morgan fingerprint density at radius 3 is 2.59 bits per heavy atom. The number of carbonyl (C=O) groups excluding carboxylic acids is 1. The van der Waals surface area contributed by atoms with Crippen molar-refractivity contribution in [1.29, 1.82) is 0 Å². The van der Waals surface area contributed by atoms with Crippen LogP contribution in [0.2, 0.25) is 0 Å². The summed E-state index contributed by atoms with van der Waals surface area (Å²) in [4.78, 5) is 20.4. The summed E-state index contributed by atoms with van der Waals surface area (Å²) in [6.45, 7) is 4.78. The highest BCUT2D eigenvalue weighted by Gasteiger charge is 2.29. The molecule has 0 radical (unpaired) electrons. The van der Waals surface area contributed by atoms with Crippen molar-refractivity contribution in [3.63, 3.8) is 0 Å². The molecule has 32 heavy (non-hydrogen) atoms. The number of anilines is 2. The number of nitrogens with zero attached hydrogens (tertiary/aromatic N) is 3. The van der Waals surface area contributed by atoms with Crippen LogP contribution in [0.4, 0.5) is 11.6 Å². The van der Waals surface area contributed by atoms with Crippen LogP contribution in [0.25, 0.3) is 11.0 Å². The number of aromatic nitrogens is 2. The van der Waals surface area contributed by atoms with Crippen LogP contribution in [-0.2, 0) is 11.3 Å². The van der Waals surface area contributed by atoms with Gasteiger partial charge in [-0.1, -0.05) is 49.1 Å². The minimum atomic E-state index is -0.0204. The molecule has 1 atom stereocenters. The van der Waals surface area contributed by atoms with E-state index in [1.807, 2.05) is 24.3 Å². The largest absolute Gasteiger partial charge is 0.341 e. The quantitative estimate of drug-likeness (QED) is 0.558. The Bertz CT molecular complexity index is 1060. The first kappa shape index (κ1) is 21.0. The van der Waals surface area contributed by atoms with Crippen molar-refractivity contribution >= 4 is 28.6 Å². The molecule has 1 aliphatic carbocycles. The molecular weight excluding hydrogens is 396 g/mol. The van der Waals surface area contributed by atoms with E-state index in [-0.39, 0.29) is 11.8 Å². The minimum Gasteiger partial charge on any atom is -0.341 e. The summed E-state index contributed by atoms with van der Waals surface area (Å²) in [6.07, 6.45) is 8.63. The monoisotopic (exact) mass is 430 g/mol. The lowest BCUT2D eigenvalue weighted by Gasteiger charge is -2.34. The molecule has 1 unspecified atom stereocenters. The molecule has 1 amide bonds. The highest BCUT2D eigenvalue weighted by molar-refractivity contribution is 5.93. The second kappa shape index (κ2) is 9.35. The van der Waals surface area contributed by atoms with Gasteiger partial charge in [0.15, 0.2) is 0 Å². The molecule has 2 fully saturated rings. The van der Waals surface area contributed by atoms with Gasteiger partial charge >= 0.3 is 0 Å². The van der Waals surface area contributed by atoms with Crippen LogP contribution >= 0.6 is 0 Å². The number of aryl methyl sites for hydroxylation is 1. The van der Waals surface area contributed by atoms with Gasteiger partial charge in [0.05, 0.1) is 17.0 Å². The molecule has 2 aliphatic rings. The first-order valence-corrected chi connectivity index (χ1v) is 12.2. The van der Waals surface area contributed by atoms with Gasteiger partial charge in [-0.3, -0.25) is 4.79 Å². The molecule has 3 aromatic rings. The molecule has 5 rings (SSSR count). The molecular formula is C27H34N4O. The molecule has 0 spiro atoms. The molecule has 2 aromatic carbocycles. The lowest BCUT2D eigenvalue weighted by molar-refractivity contribution is -0.120. The van der Waals surface area contributed by atoms with Crippen LogP contribution < -0.4 is 10.2 Å². The number of nitrogens with one attached hydrogen (secondary N) is 1. The number of piperidine rings is 1. The Morgan fingerprint density at radius 2 is 1.78 bits per heavy atom. The second-order valence-corrected chi connectivity index (χ2v) is 9.66. The Labute approximate surface area is 190 Å². The summed E-state index contributed by atoms with van der Waals surface area (Å²) in [5.41, 5.74) is 4.36. The Morgan fingerprint density at radius 1 is 1.00 bits per heavy atom. The van der Waals surface area contributed by atoms with E-state index in [2.05, 4.69) is 46.0 Å². The number of para-hydroxylation sites is 2. The zero-order valence-electron chi connectivity index (χ0n) is 19.1. The third-order valence-corrected chi connectivity index (χ3v) is 7.19. The van der Waals surface area contributed by atoms with Crippen molar-refractivity contribution in [3.8, 4) is 0 Å². The average molecular weight is 431 g/mol. The second-order valence-electron chi connectivity index (χ2n) is 9.66. The average Bonchev–Trinajstić information content (AvgIpc) is 3.20. The smallest absolute Gasteiger partial charge is 0.229 e. The predicted octanol–water partition coefficient (Wildman–Crippen LogP) is 5.78. The molecule has 168 valence electrons. The molecule has 1 saturated carbocycles. The topological polar surface area (TPSA) is 50.2 Å². The van der Waals surface area contributed by atoms with Crippen LogP contribution in [0, 0.1) is 18.8 Å². The van der Waals surface area contributed by atoms with Crippen LogP contribution in [0.3, 0.4) is 0 Å². The highest BCUT2D eigenvalue weighted by atomic mass is 16.1. The molecule has 5 heteroatoms. The van der Waals surface area contributed by atoms with Crippen molar-refractivity contribution in [1.82, 2.24) is 9.55 Å². The fraction of sp³-hybridized carbons (Fsp3) is 0.481. The predicted molar refractivity (Wildman–Crippen MR) is 131 cm³/mol. The van der Waals surface area contributed by atoms with Crippen LogP contribution in [0.15, 0.2) is 48.5 Å². The molecule has 1 aliphatic heterocycles. The molecule has 5 nitrogen and oxygen atoms in total. The Kier molecular flexibility index (Phi) is 6.15. The standard InChI is InChI=1S/C27H34N4O/c1-20-13-15-23(16-14-20)28-26(32)22-10-7-17-30(19-22)27-29-24-11-5-6-12-25(24)31(27)18-21-8-3-2-4-9-21/h5-6,11-16,21-22H,2-4,7-10,17-19H2,1H3,(H,28,32). The van der Waals surface area contributed by atoms with Gasteiger partial charge in [0.25, 0.3) is 0 Å². The van der Waals surface area contributed by atoms with Crippen molar-refractivity contribution in [2.45, 2.75) is 58.4 Å². The summed E-state index contributed by atoms with van der Waals surface area (Å²) >= 11 is 0. The molecule has 0 bridgehead atoms. The first-order valence-electron chi connectivity index (χ1n) is 12.2. The van der Waals surface area contributed by atoms with Crippen LogP contribution in [-0.4, -0.2) is 28.5 Å². The summed E-state index contributed by atoms with van der Waals surface area (Å²) in [5.74, 6) is 1.87. The maximum absolute atomic E-state index is 13.0. The lowest BCUT2D eigenvalue weighted by atomic mass is 9.89. The van der Waals surface area contributed by atoms with Gasteiger partial charge in [-0.15, -0.1) is 0 Å². The SMILES string of the molecule is Cc1ccc(NC(=O)C2CCCN(c3nc4ccccc4n3CC3CCCCC3)C2)cc1. The lowest BCUT2D eigenvalue weighted by Crippen LogP contribution is -2.42. The van der Waals surface area contributed by atoms with E-state index in [1.165, 1.54) is 43.2 Å². The number of imidazole rings is 1. The maximum atomic E-state index is 13.0. The molecule has 1 aromatic heterocycles. The van der Waals surface area contributed by atoms with Crippen molar-refractivity contribution in [2.24, 2.45) is 11.8 Å². The summed E-state index contributed by atoms with van der Waals surface area (Å²) in [5, 5.41) is 3.12. The van der Waals surface area contributed by atoms with E-state index >= 15 is 0 Å². The van der Waals surface area contributed by atoms with Gasteiger partial charge in [0, 0.05) is 25.3 Å². The van der Waals surface area contributed by atoms with E-state index in [1.54, 1.807) is 0 Å². The zero-order chi connectivity index (χ0) is 21.9. The highest BCUT2D eigenvalue weighted by Crippen LogP contribution is 2.32. The normalized spacial score (nSPS) is 19.9. The number of amides is 1. The number of hydrogen-bond donors (Lipinski definition) is 1. The number of benzene rings is 2. The third kappa shape index (κ3) is 4.52. The molecule has 1 N–H and O–H groups in total. The Balaban J connectivity index is 1.36. The van der Waals surface area contributed by atoms with Gasteiger partial charge < -0.3 is 14.8 Å². The first-order chi connectivity index (χ1) is 15.7. The van der Waals surface area contributed by atoms with E-state index in [0.29, 0.717) is 0 Å². The van der Waals surface area contributed by atoms with Gasteiger partial charge in [-0.25, -0.2) is 4.98 Å². The minimum absolute atomic E-state index is 0.0204. The fourth-order valence-electron chi connectivity index (χ4n) is 5.37. The van der Waals surface area contributed by atoms with Gasteiger partial charge in [-0.2, -0.15) is 0 Å². The van der Waals surface area contributed by atoms with Crippen LogP contribution in [0.1, 0.15) is 50.5 Å². The van der Waals surface area contributed by atoms with Crippen molar-refractivity contribution < 1.29 is 4.79 Å². The van der Waals surface area contributed by atoms with E-state index in [4.69, 9.17) is 4.98 Å². The number of rotatable bonds is 5. The van der Waals surface area contributed by atoms with Crippen molar-refractivity contribution in [3.05, 3.63) is 54.1 Å². The maximum Gasteiger partial charge on any atom is 0.229 e. The summed E-state index contributed by atoms with van der Waals surface area (Å²) in [6, 6.07) is 16.5. The molecule has 1 saturated heterocycles. The van der Waals surface area contributed by atoms with Gasteiger partial charge in [0.1, 0.15) is 0 Å². The van der Waals surface area contributed by atoms with Gasteiger partial charge in [0.2, 0.25) is 11.9 Å². The van der Waals surface area contributed by atoms with E-state index in [9.17, 15) is 4.79 Å². The Hall–Kier alpha value is -2.82. The third-order valence-electron chi connectivity index (χ3n) is 7.19. The van der Waals surface area contributed by atoms with Crippen LogP contribution in [0.5, 0.6) is 0 Å². The van der Waals surface area contributed by atoms with Crippen molar-refractivity contribution in [2.75, 3.05) is 23.3 Å². The number of fused-ring (bicyclic) bond motifs is 1. The van der Waals surface area contributed by atoms with Gasteiger partial charge in [-0.05, 0) is 62.8 Å². The summed E-state index contributed by atoms with van der Waals surface area (Å²) < 4.78 is 2.44. The van der Waals surface area contributed by atoms with E-state index < -0.39 is 0 Å². The number of hydrogen-bond acceptors (Lipinski definition) is 3. The summed E-state index contributed by atoms with van der Waals surface area (Å²) in [7, 11) is 0. The fourth-order valence-corrected chi connectivity index (χ4v) is 5.37. The number of carbonyl (C=O) groups is 1. The zero-order valence-corrected chi connectivity index (χ0v) is 19.1. The van der Waals surface area contributed by atoms with E-state index in [0.717, 1.165) is 55.5 Å². The molecule has 2 heterocycles.